The molecule has 124 valence electrons. The van der Waals surface area contributed by atoms with Crippen molar-refractivity contribution in [3.05, 3.63) is 62.2 Å². The zero-order valence-electron chi connectivity index (χ0n) is 12.2. The van der Waals surface area contributed by atoms with Crippen molar-refractivity contribution in [3.8, 4) is 5.75 Å². The Labute approximate surface area is 140 Å². The van der Waals surface area contributed by atoms with Gasteiger partial charge in [0.15, 0.2) is 0 Å². The van der Waals surface area contributed by atoms with Gasteiger partial charge in [0.25, 0.3) is 16.6 Å². The number of rotatable bonds is 6. The molecule has 0 bridgehead atoms. The third-order valence-electron chi connectivity index (χ3n) is 3.06. The Bertz CT molecular complexity index is 804. The number of non-ortho nitro benzene ring substituents is 1. The molecule has 0 saturated heterocycles. The van der Waals surface area contributed by atoms with E-state index < -0.39 is 26.5 Å². The summed E-state index contributed by atoms with van der Waals surface area (Å²) in [6.45, 7) is 0. The summed E-state index contributed by atoms with van der Waals surface area (Å²) in [5.41, 5.74) is -1.48. The number of carbonyl (C=O) groups excluding carboxylic acids is 1. The van der Waals surface area contributed by atoms with E-state index in [4.69, 9.17) is 16.3 Å². The van der Waals surface area contributed by atoms with E-state index in [2.05, 4.69) is 5.32 Å². The van der Waals surface area contributed by atoms with Gasteiger partial charge in [-0.25, -0.2) is 0 Å². The van der Waals surface area contributed by atoms with Crippen LogP contribution < -0.4 is 10.1 Å². The van der Waals surface area contributed by atoms with Crippen LogP contribution in [0.25, 0.3) is 0 Å². The summed E-state index contributed by atoms with van der Waals surface area (Å²) >= 11 is 5.44. The monoisotopic (exact) mass is 351 g/mol. The van der Waals surface area contributed by atoms with E-state index in [1.165, 1.54) is 13.2 Å². The molecule has 2 aromatic rings. The van der Waals surface area contributed by atoms with Crippen LogP contribution in [0.2, 0.25) is 0 Å². The summed E-state index contributed by atoms with van der Waals surface area (Å²) in [6.07, 6.45) is 0. The highest BCUT2D eigenvalue weighted by Gasteiger charge is 2.27. The molecule has 0 amide bonds. The predicted molar refractivity (Wildman–Crippen MR) is 86.2 cm³/mol. The third-order valence-corrected chi connectivity index (χ3v) is 3.26. The lowest BCUT2D eigenvalue weighted by atomic mass is 10.1. The fourth-order valence-electron chi connectivity index (χ4n) is 1.99. The molecule has 0 aliphatic heterocycles. The van der Waals surface area contributed by atoms with Crippen molar-refractivity contribution < 1.29 is 19.4 Å². The number of carbonyl (C=O) groups is 1. The Balaban J connectivity index is 2.63. The van der Waals surface area contributed by atoms with E-state index in [0.717, 1.165) is 12.1 Å². The molecular weight excluding hydrogens is 342 g/mol. The van der Waals surface area contributed by atoms with Gasteiger partial charge in [-0.15, -0.1) is 0 Å². The molecule has 0 heterocycles. The average molecular weight is 352 g/mol. The van der Waals surface area contributed by atoms with Crippen LogP contribution in [0.5, 0.6) is 5.75 Å². The molecule has 2 aromatic carbocycles. The summed E-state index contributed by atoms with van der Waals surface area (Å²) < 4.78 is 5.04. The summed E-state index contributed by atoms with van der Waals surface area (Å²) in [7, 11) is 1.45. The average Bonchev–Trinajstić information content (AvgIpc) is 2.54. The third kappa shape index (κ3) is 3.58. The highest BCUT2D eigenvalue weighted by Crippen LogP contribution is 2.36. The SMILES string of the molecule is COc1cccc(Nc2c(C(=O)Cl)cc([N+](=O)[O-])cc2[N+](=O)[O-])c1. The molecule has 0 aliphatic rings. The maximum Gasteiger partial charge on any atom is 0.300 e. The van der Waals surface area contributed by atoms with Crippen LogP contribution in [-0.2, 0) is 0 Å². The number of nitro benzene ring substituents is 2. The van der Waals surface area contributed by atoms with Crippen LogP contribution in [-0.4, -0.2) is 22.2 Å². The topological polar surface area (TPSA) is 125 Å². The van der Waals surface area contributed by atoms with Crippen LogP contribution in [0.15, 0.2) is 36.4 Å². The fraction of sp³-hybridized carbons (Fsp3) is 0.0714. The van der Waals surface area contributed by atoms with Crippen molar-refractivity contribution in [2.45, 2.75) is 0 Å². The van der Waals surface area contributed by atoms with Crippen LogP contribution >= 0.6 is 11.6 Å². The van der Waals surface area contributed by atoms with Gasteiger partial charge in [-0.05, 0) is 23.7 Å². The molecule has 0 atom stereocenters. The van der Waals surface area contributed by atoms with Crippen molar-refractivity contribution in [3.63, 3.8) is 0 Å². The lowest BCUT2D eigenvalue weighted by Crippen LogP contribution is -2.05. The Kier molecular flexibility index (Phi) is 4.95. The van der Waals surface area contributed by atoms with Gasteiger partial charge in [0.1, 0.15) is 11.4 Å². The van der Waals surface area contributed by atoms with Gasteiger partial charge < -0.3 is 10.1 Å². The van der Waals surface area contributed by atoms with Gasteiger partial charge in [0.05, 0.1) is 28.6 Å². The Hall–Kier alpha value is -3.20. The van der Waals surface area contributed by atoms with Gasteiger partial charge in [-0.2, -0.15) is 0 Å². The van der Waals surface area contributed by atoms with E-state index in [1.54, 1.807) is 18.2 Å². The van der Waals surface area contributed by atoms with E-state index in [-0.39, 0.29) is 11.3 Å². The second-order valence-electron chi connectivity index (χ2n) is 4.53. The summed E-state index contributed by atoms with van der Waals surface area (Å²) in [5, 5.41) is 23.8. The Morgan fingerprint density at radius 1 is 1.17 bits per heavy atom. The number of nitrogens with zero attached hydrogens (tertiary/aromatic N) is 2. The van der Waals surface area contributed by atoms with Crippen molar-refractivity contribution in [1.82, 2.24) is 0 Å². The molecule has 1 N–H and O–H groups in total. The molecule has 0 saturated carbocycles. The standard InChI is InChI=1S/C14H10ClN3O6/c1-24-10-4-2-3-8(5-10)16-13-11(14(15)19)6-9(17(20)21)7-12(13)18(22)23/h2-7,16H,1H3. The zero-order chi connectivity index (χ0) is 17.9. The lowest BCUT2D eigenvalue weighted by Gasteiger charge is -2.11. The van der Waals surface area contributed by atoms with Gasteiger partial charge >= 0.3 is 0 Å². The minimum Gasteiger partial charge on any atom is -0.497 e. The maximum absolute atomic E-state index is 11.6. The number of hydrogen-bond donors (Lipinski definition) is 1. The molecule has 9 nitrogen and oxygen atoms in total. The number of anilines is 2. The fourth-order valence-corrected chi connectivity index (χ4v) is 2.14. The summed E-state index contributed by atoms with van der Waals surface area (Å²) in [5.74, 6) is 0.475. The molecule has 2 rings (SSSR count). The van der Waals surface area contributed by atoms with Crippen molar-refractivity contribution in [2.24, 2.45) is 0 Å². The molecule has 0 unspecified atom stereocenters. The molecule has 0 aliphatic carbocycles. The Morgan fingerprint density at radius 3 is 2.42 bits per heavy atom. The summed E-state index contributed by atoms with van der Waals surface area (Å²) in [4.78, 5) is 32.1. The Morgan fingerprint density at radius 2 is 1.88 bits per heavy atom. The number of halogens is 1. The molecule has 24 heavy (non-hydrogen) atoms. The second-order valence-corrected chi connectivity index (χ2v) is 4.88. The normalized spacial score (nSPS) is 10.1. The molecular formula is C14H10ClN3O6. The number of benzene rings is 2. The van der Waals surface area contributed by atoms with E-state index in [9.17, 15) is 25.0 Å². The first-order valence-electron chi connectivity index (χ1n) is 6.41. The first-order chi connectivity index (χ1) is 11.3. The summed E-state index contributed by atoms with van der Waals surface area (Å²) in [6, 6.07) is 8.03. The van der Waals surface area contributed by atoms with Crippen molar-refractivity contribution in [1.29, 1.82) is 0 Å². The van der Waals surface area contributed by atoms with E-state index in [0.29, 0.717) is 11.4 Å². The highest BCUT2D eigenvalue weighted by atomic mass is 35.5. The van der Waals surface area contributed by atoms with Gasteiger partial charge in [-0.1, -0.05) is 6.07 Å². The molecule has 10 heteroatoms. The largest absolute Gasteiger partial charge is 0.497 e. The van der Waals surface area contributed by atoms with Crippen molar-refractivity contribution >= 4 is 39.6 Å². The molecule has 0 spiro atoms. The minimum absolute atomic E-state index is 0.237. The quantitative estimate of drug-likeness (QED) is 0.478. The first kappa shape index (κ1) is 17.2. The highest BCUT2D eigenvalue weighted by molar-refractivity contribution is 6.68. The molecule has 0 radical (unpaired) electrons. The zero-order valence-corrected chi connectivity index (χ0v) is 12.9. The lowest BCUT2D eigenvalue weighted by molar-refractivity contribution is -0.393. The maximum atomic E-state index is 11.6. The molecule has 0 fully saturated rings. The van der Waals surface area contributed by atoms with E-state index >= 15 is 0 Å². The minimum atomic E-state index is -1.06. The van der Waals surface area contributed by atoms with Crippen LogP contribution in [0, 0.1) is 20.2 Å². The van der Waals surface area contributed by atoms with Gasteiger partial charge in [-0.3, -0.25) is 25.0 Å². The number of methoxy groups -OCH3 is 1. The van der Waals surface area contributed by atoms with Gasteiger partial charge in [0, 0.05) is 17.8 Å². The van der Waals surface area contributed by atoms with Crippen LogP contribution in [0.1, 0.15) is 10.4 Å². The van der Waals surface area contributed by atoms with E-state index in [1.807, 2.05) is 0 Å². The predicted octanol–water partition coefficient (Wildman–Crippen LogP) is 3.63. The van der Waals surface area contributed by atoms with Crippen molar-refractivity contribution in [2.75, 3.05) is 12.4 Å². The number of nitrogens with one attached hydrogen (secondary N) is 1. The number of nitro groups is 2. The van der Waals surface area contributed by atoms with Gasteiger partial charge in [0.2, 0.25) is 0 Å². The smallest absolute Gasteiger partial charge is 0.300 e. The number of hydrogen-bond acceptors (Lipinski definition) is 7. The molecule has 0 aromatic heterocycles. The number of ether oxygens (including phenoxy) is 1. The van der Waals surface area contributed by atoms with Crippen LogP contribution in [0.3, 0.4) is 0 Å². The second kappa shape index (κ2) is 6.92. The van der Waals surface area contributed by atoms with Crippen LogP contribution in [0.4, 0.5) is 22.7 Å². The first-order valence-corrected chi connectivity index (χ1v) is 6.79.